The zero-order valence-electron chi connectivity index (χ0n) is 11.4. The van der Waals surface area contributed by atoms with Gasteiger partial charge in [-0.05, 0) is 31.6 Å². The molecule has 1 aromatic rings. The van der Waals surface area contributed by atoms with Crippen molar-refractivity contribution in [2.45, 2.75) is 44.6 Å². The van der Waals surface area contributed by atoms with Gasteiger partial charge in [0.2, 0.25) is 0 Å². The van der Waals surface area contributed by atoms with Crippen LogP contribution in [0.25, 0.3) is 0 Å². The van der Waals surface area contributed by atoms with E-state index in [1.54, 1.807) is 0 Å². The summed E-state index contributed by atoms with van der Waals surface area (Å²) >= 11 is 0. The number of carbonyl (C=O) groups excluding carboxylic acids is 1. The number of aromatic carboxylic acids is 1. The van der Waals surface area contributed by atoms with Crippen LogP contribution in [0.2, 0.25) is 0 Å². The van der Waals surface area contributed by atoms with Gasteiger partial charge in [0.05, 0.1) is 5.56 Å². The molecule has 2 aliphatic rings. The quantitative estimate of drug-likeness (QED) is 0.902. The van der Waals surface area contributed by atoms with E-state index in [9.17, 15) is 9.59 Å². The van der Waals surface area contributed by atoms with Gasteiger partial charge in [-0.2, -0.15) is 0 Å². The zero-order valence-corrected chi connectivity index (χ0v) is 11.4. The number of fused-ring (bicyclic) bond motifs is 1. The molecule has 5 nitrogen and oxygen atoms in total. The smallest absolute Gasteiger partial charge is 0.338 e. The lowest BCUT2D eigenvalue weighted by atomic mass is 9.78. The largest absolute Gasteiger partial charge is 0.478 e. The van der Waals surface area contributed by atoms with E-state index in [-0.39, 0.29) is 17.2 Å². The second kappa shape index (κ2) is 5.31. The molecular weight excluding hydrogens is 258 g/mol. The Bertz CT molecular complexity index is 520. The number of piperidine rings is 1. The van der Waals surface area contributed by atoms with Crippen LogP contribution in [-0.4, -0.2) is 34.5 Å². The highest BCUT2D eigenvalue weighted by atomic mass is 16.4. The number of furan rings is 1. The van der Waals surface area contributed by atoms with E-state index in [0.717, 1.165) is 25.6 Å². The summed E-state index contributed by atoms with van der Waals surface area (Å²) in [6.07, 6.45) is 8.05. The van der Waals surface area contributed by atoms with Gasteiger partial charge in [0, 0.05) is 18.7 Å². The van der Waals surface area contributed by atoms with Crippen LogP contribution in [0.15, 0.2) is 16.7 Å². The molecule has 1 saturated heterocycles. The van der Waals surface area contributed by atoms with Crippen LogP contribution in [0.5, 0.6) is 0 Å². The first-order valence-corrected chi connectivity index (χ1v) is 7.29. The molecule has 1 aliphatic heterocycles. The molecule has 20 heavy (non-hydrogen) atoms. The fourth-order valence-corrected chi connectivity index (χ4v) is 3.58. The number of nitrogens with zero attached hydrogens (tertiary/aromatic N) is 1. The number of hydrogen-bond acceptors (Lipinski definition) is 3. The summed E-state index contributed by atoms with van der Waals surface area (Å²) in [5.74, 6) is -0.472. The van der Waals surface area contributed by atoms with E-state index >= 15 is 0 Å². The average Bonchev–Trinajstić information content (AvgIpc) is 2.96. The van der Waals surface area contributed by atoms with Crippen molar-refractivity contribution in [2.75, 3.05) is 6.54 Å². The third kappa shape index (κ3) is 2.32. The van der Waals surface area contributed by atoms with Crippen molar-refractivity contribution in [2.24, 2.45) is 5.92 Å². The number of rotatable bonds is 2. The van der Waals surface area contributed by atoms with Gasteiger partial charge in [0.15, 0.2) is 5.76 Å². The van der Waals surface area contributed by atoms with Crippen molar-refractivity contribution in [1.29, 1.82) is 0 Å². The molecule has 2 atom stereocenters. The lowest BCUT2D eigenvalue weighted by Crippen LogP contribution is -2.49. The molecule has 0 aromatic carbocycles. The molecule has 1 N–H and O–H groups in total. The van der Waals surface area contributed by atoms with Crippen LogP contribution in [0.1, 0.15) is 59.4 Å². The highest BCUT2D eigenvalue weighted by Crippen LogP contribution is 2.36. The molecule has 1 aromatic heterocycles. The lowest BCUT2D eigenvalue weighted by molar-refractivity contribution is 0.0362. The summed E-state index contributed by atoms with van der Waals surface area (Å²) in [6.45, 7) is 0.753. The van der Waals surface area contributed by atoms with E-state index in [2.05, 4.69) is 0 Å². The summed E-state index contributed by atoms with van der Waals surface area (Å²) in [4.78, 5) is 25.3. The predicted molar refractivity (Wildman–Crippen MR) is 71.7 cm³/mol. The Morgan fingerprint density at radius 2 is 1.95 bits per heavy atom. The molecule has 108 valence electrons. The Balaban J connectivity index is 1.79. The molecule has 0 bridgehead atoms. The minimum Gasteiger partial charge on any atom is -0.478 e. The summed E-state index contributed by atoms with van der Waals surface area (Å²) in [5.41, 5.74) is 0.0329. The number of carboxylic acid groups (broad SMARTS) is 1. The highest BCUT2D eigenvalue weighted by molar-refractivity contribution is 5.95. The van der Waals surface area contributed by atoms with Crippen molar-refractivity contribution in [3.05, 3.63) is 23.7 Å². The zero-order chi connectivity index (χ0) is 14.1. The van der Waals surface area contributed by atoms with Gasteiger partial charge >= 0.3 is 5.97 Å². The van der Waals surface area contributed by atoms with Crippen molar-refractivity contribution < 1.29 is 19.1 Å². The normalized spacial score (nSPS) is 26.1. The van der Waals surface area contributed by atoms with Gasteiger partial charge < -0.3 is 14.4 Å². The predicted octanol–water partition coefficient (Wildman–Crippen LogP) is 2.77. The van der Waals surface area contributed by atoms with Crippen LogP contribution in [0.4, 0.5) is 0 Å². The van der Waals surface area contributed by atoms with Gasteiger partial charge in [-0.25, -0.2) is 4.79 Å². The van der Waals surface area contributed by atoms with E-state index in [1.807, 2.05) is 4.90 Å². The first-order valence-electron chi connectivity index (χ1n) is 7.29. The topological polar surface area (TPSA) is 70.7 Å². The molecule has 3 rings (SSSR count). The van der Waals surface area contributed by atoms with Gasteiger partial charge in [0.25, 0.3) is 5.91 Å². The van der Waals surface area contributed by atoms with Crippen LogP contribution in [0, 0.1) is 5.92 Å². The molecule has 0 spiro atoms. The van der Waals surface area contributed by atoms with Crippen molar-refractivity contribution in [1.82, 2.24) is 4.90 Å². The van der Waals surface area contributed by atoms with Gasteiger partial charge in [-0.1, -0.05) is 12.8 Å². The fraction of sp³-hybridized carbons (Fsp3) is 0.600. The lowest BCUT2D eigenvalue weighted by Gasteiger charge is -2.43. The van der Waals surface area contributed by atoms with Crippen molar-refractivity contribution >= 4 is 11.9 Å². The maximum Gasteiger partial charge on any atom is 0.338 e. The van der Waals surface area contributed by atoms with Gasteiger partial charge in [-0.15, -0.1) is 0 Å². The first kappa shape index (κ1) is 13.2. The first-order chi connectivity index (χ1) is 9.66. The van der Waals surface area contributed by atoms with Crippen LogP contribution in [0.3, 0.4) is 0 Å². The van der Waals surface area contributed by atoms with E-state index in [0.29, 0.717) is 12.0 Å². The third-order valence-electron chi connectivity index (χ3n) is 4.56. The number of carbonyl (C=O) groups is 2. The summed E-state index contributed by atoms with van der Waals surface area (Å²) in [5, 5.41) is 8.89. The minimum atomic E-state index is -1.07. The van der Waals surface area contributed by atoms with E-state index < -0.39 is 5.97 Å². The Morgan fingerprint density at radius 1 is 1.20 bits per heavy atom. The van der Waals surface area contributed by atoms with E-state index in [4.69, 9.17) is 9.52 Å². The van der Waals surface area contributed by atoms with Crippen LogP contribution < -0.4 is 0 Å². The highest BCUT2D eigenvalue weighted by Gasteiger charge is 2.36. The Labute approximate surface area is 117 Å². The standard InChI is InChI=1S/C15H19NO4/c17-14(13-8-11(9-20-13)15(18)19)16-7-3-5-10-4-1-2-6-12(10)16/h8-10,12H,1-7H2,(H,18,19). The molecule has 0 radical (unpaired) electrons. The Kier molecular flexibility index (Phi) is 3.51. The Hall–Kier alpha value is -1.78. The molecule has 2 unspecified atom stereocenters. The summed E-state index contributed by atoms with van der Waals surface area (Å²) < 4.78 is 5.15. The van der Waals surface area contributed by atoms with Crippen molar-refractivity contribution in [3.63, 3.8) is 0 Å². The molecule has 1 amide bonds. The number of hydrogen-bond donors (Lipinski definition) is 1. The number of amides is 1. The monoisotopic (exact) mass is 277 g/mol. The second-order valence-corrected chi connectivity index (χ2v) is 5.76. The fourth-order valence-electron chi connectivity index (χ4n) is 3.58. The number of carboxylic acids is 1. The molecule has 2 fully saturated rings. The van der Waals surface area contributed by atoms with E-state index in [1.165, 1.54) is 31.7 Å². The van der Waals surface area contributed by atoms with Crippen LogP contribution in [-0.2, 0) is 0 Å². The minimum absolute atomic E-state index is 0.0329. The Morgan fingerprint density at radius 3 is 2.70 bits per heavy atom. The number of likely N-dealkylation sites (tertiary alicyclic amines) is 1. The maximum absolute atomic E-state index is 12.5. The third-order valence-corrected chi connectivity index (χ3v) is 4.56. The summed E-state index contributed by atoms with van der Waals surface area (Å²) in [6, 6.07) is 1.64. The maximum atomic E-state index is 12.5. The molecule has 1 saturated carbocycles. The van der Waals surface area contributed by atoms with Crippen LogP contribution >= 0.6 is 0 Å². The molecule has 1 aliphatic carbocycles. The average molecular weight is 277 g/mol. The summed E-state index contributed by atoms with van der Waals surface area (Å²) in [7, 11) is 0. The second-order valence-electron chi connectivity index (χ2n) is 5.76. The molecule has 2 heterocycles. The van der Waals surface area contributed by atoms with Gasteiger partial charge in [0.1, 0.15) is 6.26 Å². The van der Waals surface area contributed by atoms with Crippen molar-refractivity contribution in [3.8, 4) is 0 Å². The van der Waals surface area contributed by atoms with Gasteiger partial charge in [-0.3, -0.25) is 4.79 Å². The molecular formula is C15H19NO4. The SMILES string of the molecule is O=C(O)c1coc(C(=O)N2CCCC3CCCCC32)c1. The molecule has 5 heteroatoms.